The summed E-state index contributed by atoms with van der Waals surface area (Å²) in [6, 6.07) is 8.22. The number of piperidine rings is 1. The van der Waals surface area contributed by atoms with Crippen LogP contribution in [0.5, 0.6) is 0 Å². The third-order valence-corrected chi connectivity index (χ3v) is 5.49. The molecule has 4 rings (SSSR count). The minimum Gasteiger partial charge on any atom is -0.326 e. The van der Waals surface area contributed by atoms with Gasteiger partial charge in [0, 0.05) is 17.7 Å². The summed E-state index contributed by atoms with van der Waals surface area (Å²) in [5, 5.41) is 18.5. The fourth-order valence-corrected chi connectivity index (χ4v) is 3.77. The lowest BCUT2D eigenvalue weighted by Crippen LogP contribution is -2.32. The maximum atomic E-state index is 12.5. The Bertz CT molecular complexity index is 763. The largest absolute Gasteiger partial charge is 0.326 e. The molecule has 1 saturated heterocycles. The summed E-state index contributed by atoms with van der Waals surface area (Å²) < 4.78 is 1.89. The highest BCUT2D eigenvalue weighted by atomic mass is 16.1. The third kappa shape index (κ3) is 3.93. The summed E-state index contributed by atoms with van der Waals surface area (Å²) in [6.45, 7) is 4.32. The second-order valence-electron chi connectivity index (χ2n) is 7.58. The fourth-order valence-electron chi connectivity index (χ4n) is 3.77. The average molecular weight is 354 g/mol. The van der Waals surface area contributed by atoms with Crippen LogP contribution < -0.4 is 10.6 Å². The Balaban J connectivity index is 1.40. The van der Waals surface area contributed by atoms with Crippen LogP contribution in [0.2, 0.25) is 0 Å². The van der Waals surface area contributed by atoms with Crippen LogP contribution in [0.15, 0.2) is 24.3 Å². The molecule has 0 radical (unpaired) electrons. The van der Waals surface area contributed by atoms with E-state index in [4.69, 9.17) is 0 Å². The van der Waals surface area contributed by atoms with Crippen molar-refractivity contribution in [3.8, 4) is 11.4 Å². The second-order valence-corrected chi connectivity index (χ2v) is 7.58. The number of nitrogens with one attached hydrogen (secondary N) is 2. The van der Waals surface area contributed by atoms with Gasteiger partial charge in [0.05, 0.1) is 6.04 Å². The van der Waals surface area contributed by atoms with Crippen molar-refractivity contribution in [3.63, 3.8) is 0 Å². The van der Waals surface area contributed by atoms with Crippen molar-refractivity contribution < 1.29 is 4.79 Å². The number of hydrogen-bond acceptors (Lipinski definition) is 5. The summed E-state index contributed by atoms with van der Waals surface area (Å²) in [6.07, 6.45) is 5.14. The molecule has 2 aromatic rings. The van der Waals surface area contributed by atoms with E-state index in [-0.39, 0.29) is 5.91 Å². The normalized spacial score (nSPS) is 19.3. The van der Waals surface area contributed by atoms with Crippen LogP contribution in [0.3, 0.4) is 0 Å². The van der Waals surface area contributed by atoms with Crippen molar-refractivity contribution >= 4 is 11.6 Å². The highest BCUT2D eigenvalue weighted by molar-refractivity contribution is 5.91. The van der Waals surface area contributed by atoms with Crippen molar-refractivity contribution in [2.75, 3.05) is 18.4 Å². The molecule has 1 saturated carbocycles. The van der Waals surface area contributed by atoms with Crippen LogP contribution in [0.25, 0.3) is 11.4 Å². The van der Waals surface area contributed by atoms with Gasteiger partial charge >= 0.3 is 0 Å². The highest BCUT2D eigenvalue weighted by Crippen LogP contribution is 2.36. The van der Waals surface area contributed by atoms with Gasteiger partial charge in [0.1, 0.15) is 0 Å². The number of carbonyl (C=O) groups is 1. The summed E-state index contributed by atoms with van der Waals surface area (Å²) >= 11 is 0. The first-order chi connectivity index (χ1) is 12.7. The van der Waals surface area contributed by atoms with Gasteiger partial charge in [-0.3, -0.25) is 4.79 Å². The molecular formula is C19H26N6O. The van der Waals surface area contributed by atoms with Gasteiger partial charge in [-0.15, -0.1) is 5.10 Å². The molecular weight excluding hydrogens is 328 g/mol. The Hall–Kier alpha value is -2.28. The van der Waals surface area contributed by atoms with Crippen molar-refractivity contribution in [2.24, 2.45) is 11.8 Å². The zero-order valence-electron chi connectivity index (χ0n) is 15.2. The predicted octanol–water partition coefficient (Wildman–Crippen LogP) is 2.64. The van der Waals surface area contributed by atoms with Gasteiger partial charge in [-0.05, 0) is 73.2 Å². The fraction of sp³-hybridized carbons (Fsp3) is 0.579. The summed E-state index contributed by atoms with van der Waals surface area (Å²) in [5.74, 6) is 1.89. The quantitative estimate of drug-likeness (QED) is 0.833. The van der Waals surface area contributed by atoms with Gasteiger partial charge in [0.2, 0.25) is 5.91 Å². The number of hydrogen-bond donors (Lipinski definition) is 2. The van der Waals surface area contributed by atoms with Crippen molar-refractivity contribution in [1.29, 1.82) is 0 Å². The molecule has 7 nitrogen and oxygen atoms in total. The van der Waals surface area contributed by atoms with Crippen LogP contribution in [0.1, 0.15) is 45.1 Å². The zero-order valence-corrected chi connectivity index (χ0v) is 15.2. The second kappa shape index (κ2) is 7.53. The van der Waals surface area contributed by atoms with E-state index in [9.17, 15) is 4.79 Å². The highest BCUT2D eigenvalue weighted by Gasteiger charge is 2.28. The smallest absolute Gasteiger partial charge is 0.224 e. The average Bonchev–Trinajstić information content (AvgIpc) is 3.39. The first-order valence-corrected chi connectivity index (χ1v) is 9.59. The van der Waals surface area contributed by atoms with Gasteiger partial charge in [0.15, 0.2) is 5.82 Å². The number of benzene rings is 1. The van der Waals surface area contributed by atoms with Gasteiger partial charge < -0.3 is 10.6 Å². The molecule has 1 aliphatic carbocycles. The standard InChI is InChI=1S/C19H26N6O/c1-13(14-7-9-20-10-8-14)11-18(26)21-16-4-2-3-15(12-16)19-22-23-24-25(19)17-5-6-17/h2-4,12-14,17,20H,5-11H2,1H3,(H,21,26). The van der Waals surface area contributed by atoms with Crippen LogP contribution in [-0.4, -0.2) is 39.2 Å². The molecule has 138 valence electrons. The topological polar surface area (TPSA) is 84.7 Å². The lowest BCUT2D eigenvalue weighted by molar-refractivity contribution is -0.117. The van der Waals surface area contributed by atoms with Crippen LogP contribution in [0.4, 0.5) is 5.69 Å². The molecule has 1 aliphatic heterocycles. The monoisotopic (exact) mass is 354 g/mol. The molecule has 26 heavy (non-hydrogen) atoms. The van der Waals surface area contributed by atoms with E-state index in [0.717, 1.165) is 55.8 Å². The summed E-state index contributed by atoms with van der Waals surface area (Å²) in [4.78, 5) is 12.5. The molecule has 2 N–H and O–H groups in total. The Labute approximate surface area is 153 Å². The van der Waals surface area contributed by atoms with E-state index in [0.29, 0.717) is 24.3 Å². The number of aromatic nitrogens is 4. The molecule has 2 heterocycles. The number of anilines is 1. The number of nitrogens with zero attached hydrogens (tertiary/aromatic N) is 4. The van der Waals surface area contributed by atoms with Crippen molar-refractivity contribution in [1.82, 2.24) is 25.5 Å². The van der Waals surface area contributed by atoms with E-state index < -0.39 is 0 Å². The minimum atomic E-state index is 0.0787. The van der Waals surface area contributed by atoms with Gasteiger partial charge in [-0.1, -0.05) is 19.1 Å². The van der Waals surface area contributed by atoms with Crippen LogP contribution in [-0.2, 0) is 4.79 Å². The Morgan fingerprint density at radius 2 is 2.12 bits per heavy atom. The lowest BCUT2D eigenvalue weighted by atomic mass is 9.84. The molecule has 1 aromatic heterocycles. The molecule has 2 fully saturated rings. The number of amides is 1. The molecule has 1 aromatic carbocycles. The number of rotatable bonds is 6. The first-order valence-electron chi connectivity index (χ1n) is 9.59. The summed E-state index contributed by atoms with van der Waals surface area (Å²) in [7, 11) is 0. The van der Waals surface area contributed by atoms with Gasteiger partial charge in [-0.25, -0.2) is 4.68 Å². The Kier molecular flexibility index (Phi) is 4.97. The maximum Gasteiger partial charge on any atom is 0.224 e. The maximum absolute atomic E-state index is 12.5. The first kappa shape index (κ1) is 17.1. The SMILES string of the molecule is CC(CC(=O)Nc1cccc(-c2nnnn2C2CC2)c1)C1CCNCC1. The Morgan fingerprint density at radius 3 is 2.88 bits per heavy atom. The van der Waals surface area contributed by atoms with Gasteiger partial charge in [-0.2, -0.15) is 0 Å². The van der Waals surface area contributed by atoms with E-state index in [1.54, 1.807) is 0 Å². The van der Waals surface area contributed by atoms with Crippen molar-refractivity contribution in [3.05, 3.63) is 24.3 Å². The molecule has 0 bridgehead atoms. The van der Waals surface area contributed by atoms with E-state index in [1.807, 2.05) is 28.9 Å². The predicted molar refractivity (Wildman–Crippen MR) is 99.5 cm³/mol. The van der Waals surface area contributed by atoms with Gasteiger partial charge in [0.25, 0.3) is 0 Å². The molecule has 0 spiro atoms. The zero-order chi connectivity index (χ0) is 17.9. The number of carbonyl (C=O) groups excluding carboxylic acids is 1. The Morgan fingerprint density at radius 1 is 1.31 bits per heavy atom. The van der Waals surface area contributed by atoms with E-state index in [1.165, 1.54) is 0 Å². The number of tetrazole rings is 1. The lowest BCUT2D eigenvalue weighted by Gasteiger charge is -2.27. The molecule has 7 heteroatoms. The van der Waals surface area contributed by atoms with Crippen molar-refractivity contribution in [2.45, 2.75) is 45.1 Å². The minimum absolute atomic E-state index is 0.0787. The molecule has 1 amide bonds. The summed E-state index contributed by atoms with van der Waals surface area (Å²) in [5.41, 5.74) is 1.74. The molecule has 1 atom stereocenters. The van der Waals surface area contributed by atoms with Crippen LogP contribution >= 0.6 is 0 Å². The third-order valence-electron chi connectivity index (χ3n) is 5.49. The van der Waals surface area contributed by atoms with E-state index >= 15 is 0 Å². The van der Waals surface area contributed by atoms with E-state index in [2.05, 4.69) is 33.1 Å². The molecule has 1 unspecified atom stereocenters. The molecule has 2 aliphatic rings. The van der Waals surface area contributed by atoms with Crippen LogP contribution in [0, 0.1) is 11.8 Å².